The molecule has 0 bridgehead atoms. The SMILES string of the molecule is COC(=O)c1cc(N)ccc1N1CCN2C(=O)NCC2C1. The lowest BCUT2D eigenvalue weighted by Gasteiger charge is -2.38. The minimum atomic E-state index is -0.402. The number of nitrogens with two attached hydrogens (primary N) is 1. The first-order valence-electron chi connectivity index (χ1n) is 6.87. The zero-order valence-corrected chi connectivity index (χ0v) is 11.8. The first-order chi connectivity index (χ1) is 10.1. The van der Waals surface area contributed by atoms with E-state index in [-0.39, 0.29) is 12.1 Å². The Morgan fingerprint density at radius 1 is 1.43 bits per heavy atom. The van der Waals surface area contributed by atoms with Crippen LogP contribution in [0.25, 0.3) is 0 Å². The molecule has 0 aliphatic carbocycles. The van der Waals surface area contributed by atoms with E-state index in [0.29, 0.717) is 37.4 Å². The summed E-state index contributed by atoms with van der Waals surface area (Å²) in [6, 6.07) is 5.36. The summed E-state index contributed by atoms with van der Waals surface area (Å²) in [5, 5.41) is 2.84. The van der Waals surface area contributed by atoms with Gasteiger partial charge in [-0.05, 0) is 18.2 Å². The van der Waals surface area contributed by atoms with E-state index in [2.05, 4.69) is 10.2 Å². The maximum atomic E-state index is 11.9. The molecule has 2 heterocycles. The van der Waals surface area contributed by atoms with Gasteiger partial charge < -0.3 is 25.6 Å². The van der Waals surface area contributed by atoms with E-state index < -0.39 is 5.97 Å². The van der Waals surface area contributed by atoms with Crippen LogP contribution in [0.4, 0.5) is 16.2 Å². The van der Waals surface area contributed by atoms with Gasteiger partial charge >= 0.3 is 12.0 Å². The number of hydrogen-bond donors (Lipinski definition) is 2. The number of nitrogens with one attached hydrogen (secondary N) is 1. The van der Waals surface area contributed by atoms with Crippen LogP contribution in [-0.4, -0.2) is 56.2 Å². The third-order valence-electron chi connectivity index (χ3n) is 4.00. The quantitative estimate of drug-likeness (QED) is 0.603. The third kappa shape index (κ3) is 2.35. The van der Waals surface area contributed by atoms with E-state index >= 15 is 0 Å². The number of nitrogen functional groups attached to an aromatic ring is 1. The van der Waals surface area contributed by atoms with Crippen LogP contribution in [0.15, 0.2) is 18.2 Å². The fraction of sp³-hybridized carbons (Fsp3) is 0.429. The molecule has 1 aromatic rings. The van der Waals surface area contributed by atoms with Gasteiger partial charge in [0, 0.05) is 31.9 Å². The first kappa shape index (κ1) is 13.5. The topological polar surface area (TPSA) is 87.9 Å². The lowest BCUT2D eigenvalue weighted by Crippen LogP contribution is -2.52. The molecule has 1 unspecified atom stereocenters. The van der Waals surface area contributed by atoms with Gasteiger partial charge in [0.2, 0.25) is 0 Å². The van der Waals surface area contributed by atoms with Crippen molar-refractivity contribution >= 4 is 23.4 Å². The molecule has 7 heteroatoms. The van der Waals surface area contributed by atoms with Crippen molar-refractivity contribution in [3.8, 4) is 0 Å². The Bertz CT molecular complexity index is 590. The molecule has 1 atom stereocenters. The molecule has 0 saturated carbocycles. The van der Waals surface area contributed by atoms with Crippen LogP contribution in [-0.2, 0) is 4.74 Å². The predicted octanol–water partition coefficient (Wildman–Crippen LogP) is 0.269. The van der Waals surface area contributed by atoms with Crippen LogP contribution in [0.5, 0.6) is 0 Å². The summed E-state index contributed by atoms with van der Waals surface area (Å²) in [5.41, 5.74) is 7.55. The molecule has 2 saturated heterocycles. The number of amides is 2. The van der Waals surface area contributed by atoms with Gasteiger partial charge in [-0.2, -0.15) is 0 Å². The highest BCUT2D eigenvalue weighted by Crippen LogP contribution is 2.27. The molecule has 21 heavy (non-hydrogen) atoms. The molecule has 2 aliphatic heterocycles. The van der Waals surface area contributed by atoms with Gasteiger partial charge in [-0.25, -0.2) is 9.59 Å². The van der Waals surface area contributed by atoms with Gasteiger partial charge in [-0.3, -0.25) is 0 Å². The van der Waals surface area contributed by atoms with Gasteiger partial charge in [0.25, 0.3) is 0 Å². The van der Waals surface area contributed by atoms with Crippen molar-refractivity contribution in [2.24, 2.45) is 0 Å². The van der Waals surface area contributed by atoms with Gasteiger partial charge in [-0.1, -0.05) is 0 Å². The molecular weight excluding hydrogens is 272 g/mol. The fourth-order valence-corrected chi connectivity index (χ4v) is 2.93. The molecule has 2 aliphatic rings. The second kappa shape index (κ2) is 5.16. The Morgan fingerprint density at radius 3 is 3.00 bits per heavy atom. The number of carbonyl (C=O) groups is 2. The fourth-order valence-electron chi connectivity index (χ4n) is 2.93. The third-order valence-corrected chi connectivity index (χ3v) is 4.00. The van der Waals surface area contributed by atoms with Crippen molar-refractivity contribution in [1.82, 2.24) is 10.2 Å². The highest BCUT2D eigenvalue weighted by atomic mass is 16.5. The number of rotatable bonds is 2. The van der Waals surface area contributed by atoms with Crippen molar-refractivity contribution < 1.29 is 14.3 Å². The van der Waals surface area contributed by atoms with Crippen molar-refractivity contribution in [3.63, 3.8) is 0 Å². The van der Waals surface area contributed by atoms with Crippen molar-refractivity contribution in [2.45, 2.75) is 6.04 Å². The van der Waals surface area contributed by atoms with Crippen LogP contribution in [0.2, 0.25) is 0 Å². The van der Waals surface area contributed by atoms with Crippen molar-refractivity contribution in [3.05, 3.63) is 23.8 Å². The van der Waals surface area contributed by atoms with Gasteiger partial charge in [-0.15, -0.1) is 0 Å². The lowest BCUT2D eigenvalue weighted by molar-refractivity contribution is 0.0601. The number of benzene rings is 1. The first-order valence-corrected chi connectivity index (χ1v) is 6.87. The zero-order valence-electron chi connectivity index (χ0n) is 11.8. The summed E-state index contributed by atoms with van der Waals surface area (Å²) < 4.78 is 4.83. The maximum Gasteiger partial charge on any atom is 0.340 e. The Morgan fingerprint density at radius 2 is 2.24 bits per heavy atom. The number of piperazine rings is 1. The average molecular weight is 290 g/mol. The highest BCUT2D eigenvalue weighted by molar-refractivity contribution is 5.97. The Balaban J connectivity index is 1.87. The maximum absolute atomic E-state index is 11.9. The molecule has 0 radical (unpaired) electrons. The smallest absolute Gasteiger partial charge is 0.340 e. The number of esters is 1. The molecule has 2 fully saturated rings. The normalized spacial score (nSPS) is 21.0. The minimum Gasteiger partial charge on any atom is -0.465 e. The van der Waals surface area contributed by atoms with Crippen molar-refractivity contribution in [1.29, 1.82) is 0 Å². The number of urea groups is 1. The van der Waals surface area contributed by atoms with Gasteiger partial charge in [0.15, 0.2) is 0 Å². The monoisotopic (exact) mass is 290 g/mol. The van der Waals surface area contributed by atoms with Crippen LogP contribution < -0.4 is 16.0 Å². The largest absolute Gasteiger partial charge is 0.465 e. The van der Waals surface area contributed by atoms with Crippen molar-refractivity contribution in [2.75, 3.05) is 43.9 Å². The molecule has 112 valence electrons. The molecule has 3 rings (SSSR count). The van der Waals surface area contributed by atoms with E-state index in [0.717, 1.165) is 5.69 Å². The molecule has 0 spiro atoms. The molecule has 2 amide bonds. The van der Waals surface area contributed by atoms with E-state index in [1.165, 1.54) is 7.11 Å². The number of anilines is 2. The van der Waals surface area contributed by atoms with Crippen LogP contribution in [0.1, 0.15) is 10.4 Å². The standard InChI is InChI=1S/C14H18N4O3/c1-21-13(19)11-6-9(15)2-3-12(11)17-4-5-18-10(8-17)7-16-14(18)20/h2-3,6,10H,4-5,7-8,15H2,1H3,(H,16,20). The summed E-state index contributed by atoms with van der Waals surface area (Å²) in [6.45, 7) is 2.64. The average Bonchev–Trinajstić information content (AvgIpc) is 2.87. The Hall–Kier alpha value is -2.44. The predicted molar refractivity (Wildman–Crippen MR) is 78.3 cm³/mol. The molecule has 7 nitrogen and oxygen atoms in total. The van der Waals surface area contributed by atoms with Crippen LogP contribution in [0, 0.1) is 0 Å². The van der Waals surface area contributed by atoms with Gasteiger partial charge in [0.05, 0.1) is 24.4 Å². The van der Waals surface area contributed by atoms with Crippen LogP contribution >= 0.6 is 0 Å². The molecular formula is C14H18N4O3. The number of carbonyl (C=O) groups excluding carboxylic acids is 2. The number of methoxy groups -OCH3 is 1. The number of nitrogens with zero attached hydrogens (tertiary/aromatic N) is 2. The minimum absolute atomic E-state index is 0.00912. The summed E-state index contributed by atoms with van der Waals surface area (Å²) >= 11 is 0. The molecule has 1 aromatic carbocycles. The summed E-state index contributed by atoms with van der Waals surface area (Å²) in [5.74, 6) is -0.402. The van der Waals surface area contributed by atoms with Gasteiger partial charge in [0.1, 0.15) is 0 Å². The summed E-state index contributed by atoms with van der Waals surface area (Å²) in [4.78, 5) is 27.5. The van der Waals surface area contributed by atoms with E-state index in [4.69, 9.17) is 10.5 Å². The molecule has 0 aromatic heterocycles. The second-order valence-corrected chi connectivity index (χ2v) is 5.25. The Kier molecular flexibility index (Phi) is 3.32. The zero-order chi connectivity index (χ0) is 15.0. The lowest BCUT2D eigenvalue weighted by atomic mass is 10.1. The second-order valence-electron chi connectivity index (χ2n) is 5.25. The number of ether oxygens (including phenoxy) is 1. The number of fused-ring (bicyclic) bond motifs is 1. The molecule has 3 N–H and O–H groups in total. The van der Waals surface area contributed by atoms with E-state index in [9.17, 15) is 9.59 Å². The van der Waals surface area contributed by atoms with Crippen LogP contribution in [0.3, 0.4) is 0 Å². The Labute approximate surface area is 122 Å². The van der Waals surface area contributed by atoms with E-state index in [1.54, 1.807) is 12.1 Å². The summed E-state index contributed by atoms with van der Waals surface area (Å²) in [7, 11) is 1.35. The number of hydrogen-bond acceptors (Lipinski definition) is 5. The summed E-state index contributed by atoms with van der Waals surface area (Å²) in [6.07, 6.45) is 0. The highest BCUT2D eigenvalue weighted by Gasteiger charge is 2.36. The van der Waals surface area contributed by atoms with E-state index in [1.807, 2.05) is 11.0 Å².